The molecule has 0 saturated carbocycles. The Kier molecular flexibility index (Phi) is 6.36. The fourth-order valence-electron chi connectivity index (χ4n) is 3.77. The summed E-state index contributed by atoms with van der Waals surface area (Å²) in [6.45, 7) is 7.67. The molecule has 0 unspecified atom stereocenters. The number of aryl methyl sites for hydroxylation is 2. The second-order valence-electron chi connectivity index (χ2n) is 7.79. The topological polar surface area (TPSA) is 60.9 Å². The number of halogens is 1. The zero-order valence-electron chi connectivity index (χ0n) is 17.8. The first-order valence-corrected chi connectivity index (χ1v) is 11.8. The van der Waals surface area contributed by atoms with Crippen LogP contribution in [0.1, 0.15) is 18.1 Å². The fourth-order valence-corrected chi connectivity index (χ4v) is 4.93. The van der Waals surface area contributed by atoms with E-state index in [2.05, 4.69) is 4.90 Å². The number of hydrogen-bond donors (Lipinski definition) is 0. The summed E-state index contributed by atoms with van der Waals surface area (Å²) in [4.78, 5) is 16.9. The van der Waals surface area contributed by atoms with Gasteiger partial charge in [-0.15, -0.1) is 0 Å². The van der Waals surface area contributed by atoms with E-state index in [9.17, 15) is 17.6 Å². The monoisotopic (exact) mass is 433 g/mol. The van der Waals surface area contributed by atoms with Gasteiger partial charge in [-0.2, -0.15) is 0 Å². The summed E-state index contributed by atoms with van der Waals surface area (Å²) in [6, 6.07) is 10.8. The molecule has 0 aromatic heterocycles. The van der Waals surface area contributed by atoms with Crippen LogP contribution in [0.2, 0.25) is 0 Å². The molecule has 0 bridgehead atoms. The molecule has 1 heterocycles. The largest absolute Gasteiger partial charge is 0.368 e. The third-order valence-electron chi connectivity index (χ3n) is 5.59. The molecule has 0 spiro atoms. The van der Waals surface area contributed by atoms with Crippen LogP contribution in [-0.2, 0) is 14.8 Å². The molecule has 162 valence electrons. The van der Waals surface area contributed by atoms with Gasteiger partial charge in [-0.05, 0) is 68.3 Å². The SMILES string of the molecule is Cc1ccc(N([C@@H](C)C(=O)N2CCN(c3ccc(F)cc3)CC2)S(C)(=O)=O)cc1C. The van der Waals surface area contributed by atoms with Crippen molar-refractivity contribution in [2.75, 3.05) is 41.6 Å². The number of amides is 1. The molecule has 6 nitrogen and oxygen atoms in total. The van der Waals surface area contributed by atoms with Crippen LogP contribution in [0.25, 0.3) is 0 Å². The minimum absolute atomic E-state index is 0.225. The van der Waals surface area contributed by atoms with Crippen LogP contribution in [0.4, 0.5) is 15.8 Å². The number of sulfonamides is 1. The standard InChI is InChI=1S/C22H28FN3O3S/c1-16-5-8-21(15-17(16)2)26(30(4,28)29)18(3)22(27)25-13-11-24(12-14-25)20-9-6-19(23)7-10-20/h5-10,15,18H,11-14H2,1-4H3/t18-/m0/s1. The van der Waals surface area contributed by atoms with Gasteiger partial charge in [0.15, 0.2) is 0 Å². The van der Waals surface area contributed by atoms with Gasteiger partial charge < -0.3 is 9.80 Å². The maximum Gasteiger partial charge on any atom is 0.246 e. The molecule has 1 saturated heterocycles. The smallest absolute Gasteiger partial charge is 0.246 e. The third kappa shape index (κ3) is 4.75. The van der Waals surface area contributed by atoms with Gasteiger partial charge >= 0.3 is 0 Å². The maximum absolute atomic E-state index is 13.2. The highest BCUT2D eigenvalue weighted by molar-refractivity contribution is 7.92. The third-order valence-corrected chi connectivity index (χ3v) is 6.84. The Hall–Kier alpha value is -2.61. The van der Waals surface area contributed by atoms with Gasteiger partial charge in [0.05, 0.1) is 11.9 Å². The van der Waals surface area contributed by atoms with E-state index in [0.29, 0.717) is 31.9 Å². The van der Waals surface area contributed by atoms with Crippen LogP contribution in [-0.4, -0.2) is 57.7 Å². The molecule has 0 radical (unpaired) electrons. The predicted molar refractivity (Wildman–Crippen MR) is 118 cm³/mol. The summed E-state index contributed by atoms with van der Waals surface area (Å²) in [6.07, 6.45) is 1.12. The Bertz CT molecular complexity index is 1020. The zero-order valence-corrected chi connectivity index (χ0v) is 18.6. The lowest BCUT2D eigenvalue weighted by molar-refractivity contribution is -0.132. The van der Waals surface area contributed by atoms with Crippen molar-refractivity contribution in [2.45, 2.75) is 26.8 Å². The van der Waals surface area contributed by atoms with E-state index < -0.39 is 16.1 Å². The van der Waals surface area contributed by atoms with Crippen molar-refractivity contribution in [3.63, 3.8) is 0 Å². The second kappa shape index (κ2) is 8.63. The van der Waals surface area contributed by atoms with Gasteiger partial charge in [0.25, 0.3) is 0 Å². The molecule has 1 amide bonds. The van der Waals surface area contributed by atoms with Crippen molar-refractivity contribution >= 4 is 27.3 Å². The van der Waals surface area contributed by atoms with Gasteiger partial charge in [-0.3, -0.25) is 9.10 Å². The summed E-state index contributed by atoms with van der Waals surface area (Å²) in [5.74, 6) is -0.508. The van der Waals surface area contributed by atoms with Crippen LogP contribution in [0.15, 0.2) is 42.5 Å². The number of carbonyl (C=O) groups is 1. The van der Waals surface area contributed by atoms with Crippen LogP contribution < -0.4 is 9.21 Å². The normalized spacial score (nSPS) is 15.8. The maximum atomic E-state index is 13.2. The summed E-state index contributed by atoms with van der Waals surface area (Å²) >= 11 is 0. The summed E-state index contributed by atoms with van der Waals surface area (Å²) in [7, 11) is -3.65. The average Bonchev–Trinajstić information content (AvgIpc) is 2.70. The molecule has 2 aromatic carbocycles. The van der Waals surface area contributed by atoms with Gasteiger partial charge in [0.1, 0.15) is 11.9 Å². The lowest BCUT2D eigenvalue weighted by atomic mass is 10.1. The molecule has 1 aliphatic rings. The van der Waals surface area contributed by atoms with E-state index in [1.54, 1.807) is 36.1 Å². The van der Waals surface area contributed by atoms with E-state index in [0.717, 1.165) is 23.1 Å². The Morgan fingerprint density at radius 2 is 1.60 bits per heavy atom. The highest BCUT2D eigenvalue weighted by Gasteiger charge is 2.33. The van der Waals surface area contributed by atoms with Crippen molar-refractivity contribution in [1.82, 2.24) is 4.90 Å². The van der Waals surface area contributed by atoms with E-state index in [4.69, 9.17) is 0 Å². The van der Waals surface area contributed by atoms with Crippen molar-refractivity contribution in [2.24, 2.45) is 0 Å². The molecule has 1 aliphatic heterocycles. The lowest BCUT2D eigenvalue weighted by Gasteiger charge is -2.39. The van der Waals surface area contributed by atoms with E-state index in [1.165, 1.54) is 16.4 Å². The van der Waals surface area contributed by atoms with Crippen molar-refractivity contribution in [3.05, 3.63) is 59.4 Å². The summed E-state index contributed by atoms with van der Waals surface area (Å²) < 4.78 is 39.4. The summed E-state index contributed by atoms with van der Waals surface area (Å²) in [5, 5.41) is 0. The number of piperazine rings is 1. The molecule has 0 aliphatic carbocycles. The Balaban J connectivity index is 1.74. The first kappa shape index (κ1) is 22.1. The van der Waals surface area contributed by atoms with Gasteiger partial charge in [0, 0.05) is 31.9 Å². The molecule has 1 atom stereocenters. The number of anilines is 2. The summed E-state index contributed by atoms with van der Waals surface area (Å²) in [5.41, 5.74) is 3.42. The quantitative estimate of drug-likeness (QED) is 0.728. The van der Waals surface area contributed by atoms with Crippen LogP contribution in [0, 0.1) is 19.7 Å². The number of nitrogens with zero attached hydrogens (tertiary/aromatic N) is 3. The zero-order chi connectivity index (χ0) is 22.1. The average molecular weight is 434 g/mol. The number of benzene rings is 2. The minimum atomic E-state index is -3.65. The van der Waals surface area contributed by atoms with Crippen LogP contribution in [0.5, 0.6) is 0 Å². The molecule has 3 rings (SSSR count). The Morgan fingerprint density at radius 1 is 1.00 bits per heavy atom. The van der Waals surface area contributed by atoms with Crippen molar-refractivity contribution in [3.8, 4) is 0 Å². The van der Waals surface area contributed by atoms with Gasteiger partial charge in [0.2, 0.25) is 15.9 Å². The predicted octanol–water partition coefficient (Wildman–Crippen LogP) is 2.95. The molecule has 30 heavy (non-hydrogen) atoms. The first-order chi connectivity index (χ1) is 14.1. The van der Waals surface area contributed by atoms with E-state index in [-0.39, 0.29) is 11.7 Å². The highest BCUT2D eigenvalue weighted by Crippen LogP contribution is 2.25. The molecule has 2 aromatic rings. The number of carbonyl (C=O) groups excluding carboxylic acids is 1. The first-order valence-electron chi connectivity index (χ1n) is 9.94. The van der Waals surface area contributed by atoms with Crippen LogP contribution in [0.3, 0.4) is 0 Å². The molecular weight excluding hydrogens is 405 g/mol. The van der Waals surface area contributed by atoms with Crippen molar-refractivity contribution in [1.29, 1.82) is 0 Å². The molecule has 8 heteroatoms. The van der Waals surface area contributed by atoms with E-state index >= 15 is 0 Å². The molecule has 1 fully saturated rings. The number of hydrogen-bond acceptors (Lipinski definition) is 4. The molecular formula is C22H28FN3O3S. The van der Waals surface area contributed by atoms with Crippen molar-refractivity contribution < 1.29 is 17.6 Å². The van der Waals surface area contributed by atoms with Gasteiger partial charge in [-0.1, -0.05) is 6.07 Å². The Labute approximate surface area is 177 Å². The van der Waals surface area contributed by atoms with E-state index in [1.807, 2.05) is 19.9 Å². The second-order valence-corrected chi connectivity index (χ2v) is 9.65. The van der Waals surface area contributed by atoms with Crippen LogP contribution >= 0.6 is 0 Å². The van der Waals surface area contributed by atoms with Gasteiger partial charge in [-0.25, -0.2) is 12.8 Å². The highest BCUT2D eigenvalue weighted by atomic mass is 32.2. The fraction of sp³-hybridized carbons (Fsp3) is 0.409. The minimum Gasteiger partial charge on any atom is -0.368 e. The Morgan fingerprint density at radius 3 is 2.13 bits per heavy atom. The number of rotatable bonds is 5. The lowest BCUT2D eigenvalue weighted by Crippen LogP contribution is -2.55. The molecule has 0 N–H and O–H groups in total.